The van der Waals surface area contributed by atoms with Crippen LogP contribution in [0.1, 0.15) is 37.7 Å². The van der Waals surface area contributed by atoms with Crippen molar-refractivity contribution in [1.82, 2.24) is 0 Å². The second kappa shape index (κ2) is 6.14. The summed E-state index contributed by atoms with van der Waals surface area (Å²) >= 11 is 0. The SMILES string of the molecule is Cc1cc(S(=O)(=O)Cl)ccc1OCC1CCCCC1. The molecule has 106 valence electrons. The number of hydrogen-bond donors (Lipinski definition) is 0. The number of halogens is 1. The second-order valence-corrected chi connectivity index (χ2v) is 7.75. The van der Waals surface area contributed by atoms with Crippen molar-refractivity contribution in [2.24, 2.45) is 5.92 Å². The van der Waals surface area contributed by atoms with Crippen LogP contribution in [0.3, 0.4) is 0 Å². The van der Waals surface area contributed by atoms with Crippen LogP contribution in [0.15, 0.2) is 23.1 Å². The molecule has 1 fully saturated rings. The Morgan fingerprint density at radius 2 is 1.95 bits per heavy atom. The Kier molecular flexibility index (Phi) is 4.74. The van der Waals surface area contributed by atoms with E-state index < -0.39 is 9.05 Å². The van der Waals surface area contributed by atoms with Crippen molar-refractivity contribution in [1.29, 1.82) is 0 Å². The summed E-state index contributed by atoms with van der Waals surface area (Å²) in [7, 11) is 1.65. The first-order valence-electron chi connectivity index (χ1n) is 6.65. The van der Waals surface area contributed by atoms with Gasteiger partial charge in [-0.1, -0.05) is 19.3 Å². The van der Waals surface area contributed by atoms with Gasteiger partial charge >= 0.3 is 0 Å². The van der Waals surface area contributed by atoms with E-state index in [2.05, 4.69) is 0 Å². The molecule has 0 aliphatic heterocycles. The van der Waals surface area contributed by atoms with Crippen molar-refractivity contribution >= 4 is 19.7 Å². The van der Waals surface area contributed by atoms with Crippen LogP contribution in [0.2, 0.25) is 0 Å². The molecular formula is C14H19ClO3S. The van der Waals surface area contributed by atoms with E-state index in [9.17, 15) is 8.42 Å². The zero-order chi connectivity index (χ0) is 13.9. The molecule has 0 amide bonds. The molecule has 0 bridgehead atoms. The van der Waals surface area contributed by atoms with E-state index in [1.807, 2.05) is 6.92 Å². The summed E-state index contributed by atoms with van der Waals surface area (Å²) in [4.78, 5) is 0.122. The summed E-state index contributed by atoms with van der Waals surface area (Å²) in [6, 6.07) is 4.73. The van der Waals surface area contributed by atoms with Gasteiger partial charge in [0.05, 0.1) is 11.5 Å². The molecule has 1 aliphatic rings. The molecule has 0 unspecified atom stereocenters. The molecule has 1 saturated carbocycles. The van der Waals surface area contributed by atoms with Gasteiger partial charge in [-0.15, -0.1) is 0 Å². The van der Waals surface area contributed by atoms with Crippen molar-refractivity contribution in [2.45, 2.75) is 43.9 Å². The Labute approximate surface area is 119 Å². The third-order valence-electron chi connectivity index (χ3n) is 3.63. The van der Waals surface area contributed by atoms with E-state index in [0.717, 1.165) is 11.3 Å². The van der Waals surface area contributed by atoms with E-state index in [1.54, 1.807) is 12.1 Å². The van der Waals surface area contributed by atoms with E-state index in [-0.39, 0.29) is 4.90 Å². The van der Waals surface area contributed by atoms with Gasteiger partial charge in [0, 0.05) is 10.7 Å². The van der Waals surface area contributed by atoms with Crippen molar-refractivity contribution in [3.63, 3.8) is 0 Å². The maximum atomic E-state index is 11.2. The Morgan fingerprint density at radius 3 is 2.53 bits per heavy atom. The molecule has 0 heterocycles. The van der Waals surface area contributed by atoms with Crippen LogP contribution in [-0.4, -0.2) is 15.0 Å². The number of hydrogen-bond acceptors (Lipinski definition) is 3. The summed E-state index contributed by atoms with van der Waals surface area (Å²) in [6.45, 7) is 2.55. The first-order chi connectivity index (χ1) is 8.97. The predicted octanol–water partition coefficient (Wildman–Crippen LogP) is 3.88. The number of aryl methyl sites for hydroxylation is 1. The minimum atomic E-state index is -3.66. The molecule has 2 rings (SSSR count). The highest BCUT2D eigenvalue weighted by atomic mass is 35.7. The lowest BCUT2D eigenvalue weighted by molar-refractivity contribution is 0.208. The topological polar surface area (TPSA) is 43.4 Å². The fourth-order valence-electron chi connectivity index (χ4n) is 2.50. The van der Waals surface area contributed by atoms with Gasteiger partial charge < -0.3 is 4.74 Å². The Bertz CT molecular complexity index is 534. The van der Waals surface area contributed by atoms with Gasteiger partial charge in [0.25, 0.3) is 9.05 Å². The highest BCUT2D eigenvalue weighted by Crippen LogP contribution is 2.27. The third kappa shape index (κ3) is 4.11. The average molecular weight is 303 g/mol. The third-order valence-corrected chi connectivity index (χ3v) is 4.98. The smallest absolute Gasteiger partial charge is 0.261 e. The summed E-state index contributed by atoms with van der Waals surface area (Å²) in [6.07, 6.45) is 6.37. The van der Waals surface area contributed by atoms with Crippen LogP contribution in [0.25, 0.3) is 0 Å². The molecule has 0 atom stereocenters. The van der Waals surface area contributed by atoms with Crippen LogP contribution >= 0.6 is 10.7 Å². The van der Waals surface area contributed by atoms with Crippen LogP contribution < -0.4 is 4.74 Å². The highest BCUT2D eigenvalue weighted by molar-refractivity contribution is 8.13. The molecule has 0 aromatic heterocycles. The quantitative estimate of drug-likeness (QED) is 0.793. The van der Waals surface area contributed by atoms with Gasteiger partial charge in [-0.25, -0.2) is 8.42 Å². The highest BCUT2D eigenvalue weighted by Gasteiger charge is 2.15. The Hall–Kier alpha value is -0.740. The van der Waals surface area contributed by atoms with Gasteiger partial charge in [0.1, 0.15) is 5.75 Å². The fraction of sp³-hybridized carbons (Fsp3) is 0.571. The first kappa shape index (κ1) is 14.7. The maximum Gasteiger partial charge on any atom is 0.261 e. The average Bonchev–Trinajstić information content (AvgIpc) is 2.37. The molecule has 19 heavy (non-hydrogen) atoms. The van der Waals surface area contributed by atoms with Crippen LogP contribution in [0.5, 0.6) is 5.75 Å². The van der Waals surface area contributed by atoms with E-state index in [4.69, 9.17) is 15.4 Å². The van der Waals surface area contributed by atoms with Gasteiger partial charge in [-0.2, -0.15) is 0 Å². The summed E-state index contributed by atoms with van der Waals surface area (Å²) < 4.78 is 28.3. The van der Waals surface area contributed by atoms with Crippen LogP contribution in [-0.2, 0) is 9.05 Å². The van der Waals surface area contributed by atoms with Crippen molar-refractivity contribution in [2.75, 3.05) is 6.61 Å². The number of benzene rings is 1. The zero-order valence-electron chi connectivity index (χ0n) is 11.1. The van der Waals surface area contributed by atoms with Crippen molar-refractivity contribution in [3.8, 4) is 5.75 Å². The second-order valence-electron chi connectivity index (χ2n) is 5.18. The van der Waals surface area contributed by atoms with E-state index in [1.165, 1.54) is 38.2 Å². The normalized spacial score (nSPS) is 17.4. The van der Waals surface area contributed by atoms with Gasteiger partial charge in [0.15, 0.2) is 0 Å². The molecule has 5 heteroatoms. The Balaban J connectivity index is 2.01. The predicted molar refractivity (Wildman–Crippen MR) is 76.3 cm³/mol. The summed E-state index contributed by atoms with van der Waals surface area (Å²) in [5.41, 5.74) is 0.803. The van der Waals surface area contributed by atoms with Gasteiger partial charge in [0.2, 0.25) is 0 Å². The molecular weight excluding hydrogens is 284 g/mol. The number of rotatable bonds is 4. The van der Waals surface area contributed by atoms with Crippen LogP contribution in [0.4, 0.5) is 0 Å². The van der Waals surface area contributed by atoms with Crippen molar-refractivity contribution < 1.29 is 13.2 Å². The zero-order valence-corrected chi connectivity index (χ0v) is 12.6. The lowest BCUT2D eigenvalue weighted by Crippen LogP contribution is -2.15. The molecule has 0 saturated heterocycles. The largest absolute Gasteiger partial charge is 0.493 e. The molecule has 1 aliphatic carbocycles. The minimum absolute atomic E-state index is 0.122. The molecule has 0 radical (unpaired) electrons. The minimum Gasteiger partial charge on any atom is -0.493 e. The lowest BCUT2D eigenvalue weighted by Gasteiger charge is -2.22. The molecule has 0 spiro atoms. The summed E-state index contributed by atoms with van der Waals surface area (Å²) in [5, 5.41) is 0. The molecule has 3 nitrogen and oxygen atoms in total. The maximum absolute atomic E-state index is 11.2. The molecule has 1 aromatic carbocycles. The van der Waals surface area contributed by atoms with Crippen LogP contribution in [0, 0.1) is 12.8 Å². The van der Waals surface area contributed by atoms with Gasteiger partial charge in [-0.05, 0) is 49.4 Å². The van der Waals surface area contributed by atoms with E-state index in [0.29, 0.717) is 12.5 Å². The first-order valence-corrected chi connectivity index (χ1v) is 8.96. The molecule has 1 aromatic rings. The monoisotopic (exact) mass is 302 g/mol. The Morgan fingerprint density at radius 1 is 1.26 bits per heavy atom. The number of ether oxygens (including phenoxy) is 1. The van der Waals surface area contributed by atoms with Gasteiger partial charge in [-0.3, -0.25) is 0 Å². The van der Waals surface area contributed by atoms with E-state index >= 15 is 0 Å². The molecule has 0 N–H and O–H groups in total. The summed E-state index contributed by atoms with van der Waals surface area (Å²) in [5.74, 6) is 1.37. The van der Waals surface area contributed by atoms with Crippen molar-refractivity contribution in [3.05, 3.63) is 23.8 Å². The lowest BCUT2D eigenvalue weighted by atomic mass is 9.90. The standard InChI is InChI=1S/C14H19ClO3S/c1-11-9-13(19(15,16)17)7-8-14(11)18-10-12-5-3-2-4-6-12/h7-9,12H,2-6,10H2,1H3. The fourth-order valence-corrected chi connectivity index (χ4v) is 3.33.